The van der Waals surface area contributed by atoms with Crippen LogP contribution in [0.5, 0.6) is 17.2 Å². The van der Waals surface area contributed by atoms with Crippen LogP contribution in [0.3, 0.4) is 0 Å². The van der Waals surface area contributed by atoms with E-state index in [0.717, 1.165) is 37.7 Å². The van der Waals surface area contributed by atoms with Gasteiger partial charge in [-0.05, 0) is 56.2 Å². The molecule has 2 amide bonds. The lowest BCUT2D eigenvalue weighted by Gasteiger charge is -2.51. The minimum absolute atomic E-state index is 0.0209. The number of ether oxygens (including phenoxy) is 4. The van der Waals surface area contributed by atoms with Crippen molar-refractivity contribution in [1.82, 2.24) is 9.80 Å². The van der Waals surface area contributed by atoms with Gasteiger partial charge in [0.1, 0.15) is 6.04 Å². The van der Waals surface area contributed by atoms with Gasteiger partial charge < -0.3 is 28.7 Å². The molecule has 5 rings (SSSR count). The lowest BCUT2D eigenvalue weighted by Crippen LogP contribution is -2.68. The number of hydrogen-bond acceptors (Lipinski definition) is 7. The highest BCUT2D eigenvalue weighted by atomic mass is 16.5. The molecule has 2 heterocycles. The summed E-state index contributed by atoms with van der Waals surface area (Å²) in [6.07, 6.45) is 4.86. The van der Waals surface area contributed by atoms with Gasteiger partial charge in [-0.25, -0.2) is 0 Å². The van der Waals surface area contributed by atoms with Gasteiger partial charge in [-0.2, -0.15) is 0 Å². The molecule has 9 heteroatoms. The van der Waals surface area contributed by atoms with Gasteiger partial charge in [0, 0.05) is 12.1 Å². The van der Waals surface area contributed by atoms with E-state index < -0.39 is 17.7 Å². The first-order valence-electron chi connectivity index (χ1n) is 13.6. The maximum atomic E-state index is 13.8. The molecule has 3 fully saturated rings. The Morgan fingerprint density at radius 3 is 2.26 bits per heavy atom. The normalized spacial score (nSPS) is 24.4. The summed E-state index contributed by atoms with van der Waals surface area (Å²) in [6.45, 7) is 0.921. The number of piperazine rings is 1. The number of Topliss-reactive ketones (excluding diaryl/α,β-unsaturated/α-hetero) is 1. The van der Waals surface area contributed by atoms with E-state index in [1.165, 1.54) is 38.4 Å². The second-order valence-corrected chi connectivity index (χ2v) is 10.4. The summed E-state index contributed by atoms with van der Waals surface area (Å²) in [7, 11) is 4.38. The molecule has 9 nitrogen and oxygen atoms in total. The van der Waals surface area contributed by atoms with Gasteiger partial charge in [0.2, 0.25) is 11.7 Å². The molecule has 2 bridgehead atoms. The Kier molecular flexibility index (Phi) is 8.07. The van der Waals surface area contributed by atoms with Crippen LogP contribution in [-0.2, 0) is 20.9 Å². The van der Waals surface area contributed by atoms with Crippen LogP contribution in [0.4, 0.5) is 0 Å². The number of likely N-dealkylation sites (tertiary alicyclic amines) is 1. The minimum Gasteiger partial charge on any atom is -0.493 e. The van der Waals surface area contributed by atoms with Gasteiger partial charge >= 0.3 is 0 Å². The van der Waals surface area contributed by atoms with Crippen molar-refractivity contribution in [2.24, 2.45) is 0 Å². The summed E-state index contributed by atoms with van der Waals surface area (Å²) in [6, 6.07) is 12.1. The first kappa shape index (κ1) is 27.0. The summed E-state index contributed by atoms with van der Waals surface area (Å²) < 4.78 is 22.4. The van der Waals surface area contributed by atoms with E-state index in [2.05, 4.69) is 0 Å². The highest BCUT2D eigenvalue weighted by Gasteiger charge is 2.50. The lowest BCUT2D eigenvalue weighted by atomic mass is 9.88. The first-order chi connectivity index (χ1) is 19.0. The maximum absolute atomic E-state index is 13.8. The average Bonchev–Trinajstić information content (AvgIpc) is 3.44. The quantitative estimate of drug-likeness (QED) is 0.357. The van der Waals surface area contributed by atoms with E-state index in [-0.39, 0.29) is 41.2 Å². The van der Waals surface area contributed by atoms with Crippen LogP contribution in [0, 0.1) is 0 Å². The lowest BCUT2D eigenvalue weighted by molar-refractivity contribution is -0.162. The third-order valence-electron chi connectivity index (χ3n) is 8.20. The second kappa shape index (κ2) is 11.7. The number of piperidine rings is 1. The summed E-state index contributed by atoms with van der Waals surface area (Å²) in [4.78, 5) is 44.3. The molecule has 2 aromatic rings. The average molecular weight is 537 g/mol. The van der Waals surface area contributed by atoms with E-state index in [0.29, 0.717) is 25.3 Å². The minimum atomic E-state index is -0.697. The van der Waals surface area contributed by atoms with Crippen LogP contribution in [0.25, 0.3) is 0 Å². The van der Waals surface area contributed by atoms with E-state index in [9.17, 15) is 14.4 Å². The Morgan fingerprint density at radius 2 is 1.59 bits per heavy atom. The highest BCUT2D eigenvalue weighted by Crippen LogP contribution is 2.39. The molecule has 2 aromatic carbocycles. The van der Waals surface area contributed by atoms with Gasteiger partial charge in [0.25, 0.3) is 11.7 Å². The fourth-order valence-electron chi connectivity index (χ4n) is 6.30. The number of carbonyl (C=O) groups is 3. The molecule has 0 radical (unpaired) electrons. The molecule has 0 N–H and O–H groups in total. The molecule has 2 aliphatic heterocycles. The van der Waals surface area contributed by atoms with Crippen LogP contribution in [0.15, 0.2) is 42.5 Å². The predicted octanol–water partition coefficient (Wildman–Crippen LogP) is 3.62. The van der Waals surface area contributed by atoms with Crippen molar-refractivity contribution in [3.8, 4) is 17.2 Å². The zero-order chi connectivity index (χ0) is 27.5. The van der Waals surface area contributed by atoms with E-state index in [4.69, 9.17) is 18.9 Å². The molecule has 2 unspecified atom stereocenters. The second-order valence-electron chi connectivity index (χ2n) is 10.4. The number of carbonyl (C=O) groups excluding carboxylic acids is 3. The fourth-order valence-corrected chi connectivity index (χ4v) is 6.30. The first-order valence-corrected chi connectivity index (χ1v) is 13.6. The molecular weight excluding hydrogens is 500 g/mol. The Morgan fingerprint density at radius 1 is 0.897 bits per heavy atom. The Hall–Kier alpha value is -3.59. The Labute approximate surface area is 228 Å². The number of benzene rings is 2. The molecule has 0 spiro atoms. The monoisotopic (exact) mass is 536 g/mol. The number of nitrogens with zero attached hydrogens (tertiary/aromatic N) is 2. The fraction of sp³-hybridized carbons (Fsp3) is 0.500. The zero-order valence-electron chi connectivity index (χ0n) is 22.8. The van der Waals surface area contributed by atoms with Gasteiger partial charge in [-0.1, -0.05) is 30.3 Å². The van der Waals surface area contributed by atoms with Gasteiger partial charge in [-0.15, -0.1) is 0 Å². The molecule has 39 heavy (non-hydrogen) atoms. The van der Waals surface area contributed by atoms with Gasteiger partial charge in [-0.3, -0.25) is 14.4 Å². The van der Waals surface area contributed by atoms with Crippen molar-refractivity contribution >= 4 is 17.6 Å². The van der Waals surface area contributed by atoms with Crippen molar-refractivity contribution in [3.05, 3.63) is 53.6 Å². The van der Waals surface area contributed by atoms with E-state index >= 15 is 0 Å². The number of fused-ring (bicyclic) bond motifs is 2. The maximum Gasteiger partial charge on any atom is 0.295 e. The molecule has 0 aromatic heterocycles. The van der Waals surface area contributed by atoms with Crippen LogP contribution < -0.4 is 14.2 Å². The van der Waals surface area contributed by atoms with E-state index in [1.54, 1.807) is 0 Å². The number of methoxy groups -OCH3 is 3. The van der Waals surface area contributed by atoms with Crippen LogP contribution in [0.2, 0.25) is 0 Å². The largest absolute Gasteiger partial charge is 0.493 e. The van der Waals surface area contributed by atoms with Crippen LogP contribution in [0.1, 0.15) is 54.4 Å². The molecule has 208 valence electrons. The van der Waals surface area contributed by atoms with Crippen LogP contribution in [-0.4, -0.2) is 79.5 Å². The Bertz CT molecular complexity index is 1190. The summed E-state index contributed by atoms with van der Waals surface area (Å²) in [5.41, 5.74) is 1.24. The van der Waals surface area contributed by atoms with Crippen molar-refractivity contribution < 1.29 is 33.3 Å². The highest BCUT2D eigenvalue weighted by molar-refractivity contribution is 6.43. The number of rotatable bonds is 9. The topological polar surface area (TPSA) is 94.6 Å². The third-order valence-corrected chi connectivity index (χ3v) is 8.20. The summed E-state index contributed by atoms with van der Waals surface area (Å²) in [5, 5.41) is 0. The smallest absolute Gasteiger partial charge is 0.295 e. The summed E-state index contributed by atoms with van der Waals surface area (Å²) >= 11 is 0. The van der Waals surface area contributed by atoms with Crippen LogP contribution >= 0.6 is 0 Å². The van der Waals surface area contributed by atoms with Crippen molar-refractivity contribution in [2.75, 3.05) is 27.9 Å². The predicted molar refractivity (Wildman–Crippen MR) is 143 cm³/mol. The summed E-state index contributed by atoms with van der Waals surface area (Å²) in [5.74, 6) is -0.538. The van der Waals surface area contributed by atoms with Crippen molar-refractivity contribution in [3.63, 3.8) is 0 Å². The van der Waals surface area contributed by atoms with E-state index in [1.807, 2.05) is 35.2 Å². The zero-order valence-corrected chi connectivity index (χ0v) is 22.8. The molecule has 1 saturated carbocycles. The molecular formula is C30H36N2O7. The number of hydrogen-bond donors (Lipinski definition) is 0. The third kappa shape index (κ3) is 5.20. The standard InChI is InChI=1S/C30H36N2O7/c1-36-25-15-20(16-26(37-2)28(25)38-3)27(33)30(35)32-21-11-7-13-23(32)29(34)31(17-21)22-12-8-14-24(22)39-18-19-9-5-4-6-10-19/h4-6,9-10,15-16,21-24H,7-8,11-14,17-18H2,1-3H3/t21?,22-,23?,24-/m0/s1. The molecule has 3 aliphatic rings. The number of ketones is 1. The van der Waals surface area contributed by atoms with Gasteiger partial charge in [0.15, 0.2) is 11.5 Å². The van der Waals surface area contributed by atoms with Crippen molar-refractivity contribution in [2.45, 2.75) is 69.4 Å². The number of amides is 2. The van der Waals surface area contributed by atoms with Crippen molar-refractivity contribution in [1.29, 1.82) is 0 Å². The Balaban J connectivity index is 1.33. The molecule has 1 aliphatic carbocycles. The SMILES string of the molecule is COc1cc(C(=O)C(=O)N2C3CCCC2C(=O)N([C@H]2CCC[C@@H]2OCc2ccccc2)C3)cc(OC)c1OC. The van der Waals surface area contributed by atoms with Gasteiger partial charge in [0.05, 0.1) is 46.1 Å². The molecule has 4 atom stereocenters. The molecule has 2 saturated heterocycles.